The van der Waals surface area contributed by atoms with Crippen LogP contribution in [0.1, 0.15) is 98.8 Å². The molecule has 4 unspecified atom stereocenters. The summed E-state index contributed by atoms with van der Waals surface area (Å²) in [4.78, 5) is 0. The van der Waals surface area contributed by atoms with Crippen molar-refractivity contribution in [2.24, 2.45) is 45.7 Å². The normalized spacial score (nSPS) is 43.5. The van der Waals surface area contributed by atoms with Crippen molar-refractivity contribution in [3.8, 4) is 0 Å². The number of nitrogens with one attached hydrogen (secondary N) is 1. The molecule has 4 aliphatic carbocycles. The molecule has 3 N–H and O–H groups in total. The molecule has 0 radical (unpaired) electrons. The summed E-state index contributed by atoms with van der Waals surface area (Å²) in [5.41, 5.74) is 7.62. The second-order valence-corrected chi connectivity index (χ2v) is 16.5. The maximum Gasteiger partial charge on any atom is 0.330 e. The molecule has 5 nitrogen and oxygen atoms in total. The van der Waals surface area contributed by atoms with Crippen molar-refractivity contribution < 1.29 is 13.6 Å². The summed E-state index contributed by atoms with van der Waals surface area (Å²) in [5, 5.41) is 3.75. The Hall–Kier alpha value is 0.500. The highest BCUT2D eigenvalue weighted by Gasteiger charge is 2.63. The molecule has 7 heteroatoms. The predicted octanol–water partition coefficient (Wildman–Crippen LogP) is 6.85. The number of fused-ring (bicyclic) bond motifs is 5. The van der Waals surface area contributed by atoms with Gasteiger partial charge in [0.15, 0.2) is 0 Å². The predicted molar refractivity (Wildman–Crippen MR) is 155 cm³/mol. The maximum atomic E-state index is 13.1. The van der Waals surface area contributed by atoms with E-state index in [-0.39, 0.29) is 0 Å². The summed E-state index contributed by atoms with van der Waals surface area (Å²) in [6.45, 7) is 14.3. The molecule has 10 atom stereocenters. The summed E-state index contributed by atoms with van der Waals surface area (Å²) < 4.78 is 24.3. The van der Waals surface area contributed by atoms with E-state index in [0.717, 1.165) is 37.3 Å². The molecule has 0 heterocycles. The van der Waals surface area contributed by atoms with Crippen molar-refractivity contribution in [3.63, 3.8) is 0 Å². The Bertz CT molecular complexity index is 788. The van der Waals surface area contributed by atoms with Gasteiger partial charge in [-0.25, -0.2) is 0 Å². The molecule has 0 bridgehead atoms. The van der Waals surface area contributed by atoms with Crippen molar-refractivity contribution in [1.29, 1.82) is 0 Å². The lowest BCUT2D eigenvalue weighted by Gasteiger charge is -2.65. The van der Waals surface area contributed by atoms with E-state index in [2.05, 4.69) is 35.3 Å². The topological polar surface area (TPSA) is 73.6 Å². The Morgan fingerprint density at radius 1 is 1.00 bits per heavy atom. The van der Waals surface area contributed by atoms with Gasteiger partial charge in [0.2, 0.25) is 0 Å². The zero-order chi connectivity index (χ0) is 26.2. The molecule has 0 amide bonds. The highest BCUT2D eigenvalue weighted by molar-refractivity contribution is 7.53. The largest absolute Gasteiger partial charge is 0.330 e. The van der Waals surface area contributed by atoms with Gasteiger partial charge in [-0.15, -0.1) is 9.24 Å². The van der Waals surface area contributed by atoms with Gasteiger partial charge in [0, 0.05) is 19.1 Å². The zero-order valence-corrected chi connectivity index (χ0v) is 25.9. The first kappa shape index (κ1) is 29.5. The Labute approximate surface area is 224 Å². The Kier molecular flexibility index (Phi) is 9.45. The van der Waals surface area contributed by atoms with Crippen LogP contribution in [0.4, 0.5) is 0 Å². The van der Waals surface area contributed by atoms with Gasteiger partial charge in [-0.2, -0.15) is 0 Å². The highest BCUT2D eigenvalue weighted by Crippen LogP contribution is 2.71. The average Bonchev–Trinajstić information content (AvgIpc) is 3.19. The third-order valence-electron chi connectivity index (χ3n) is 11.9. The van der Waals surface area contributed by atoms with E-state index in [4.69, 9.17) is 14.8 Å². The van der Waals surface area contributed by atoms with Crippen LogP contribution in [0, 0.1) is 39.9 Å². The van der Waals surface area contributed by atoms with Crippen molar-refractivity contribution in [3.05, 3.63) is 0 Å². The zero-order valence-electron chi connectivity index (χ0n) is 23.9. The van der Waals surface area contributed by atoms with Crippen LogP contribution in [0.25, 0.3) is 0 Å². The Morgan fingerprint density at radius 2 is 1.72 bits per heavy atom. The number of hydrogen-bond donors (Lipinski definition) is 2. The van der Waals surface area contributed by atoms with E-state index in [9.17, 15) is 4.57 Å². The smallest absolute Gasteiger partial charge is 0.329 e. The second kappa shape index (κ2) is 11.5. The first-order chi connectivity index (χ1) is 17.1. The molecule has 36 heavy (non-hydrogen) atoms. The van der Waals surface area contributed by atoms with Gasteiger partial charge in [-0.05, 0) is 124 Å². The van der Waals surface area contributed by atoms with Gasteiger partial charge in [0.1, 0.15) is 0 Å². The van der Waals surface area contributed by atoms with Crippen LogP contribution in [-0.2, 0) is 13.6 Å². The van der Waals surface area contributed by atoms with Crippen LogP contribution in [0.15, 0.2) is 0 Å². The Morgan fingerprint density at radius 3 is 2.39 bits per heavy atom. The molecule has 4 fully saturated rings. The quantitative estimate of drug-likeness (QED) is 0.279. The molecule has 0 aromatic heterocycles. The summed E-state index contributed by atoms with van der Waals surface area (Å²) in [6.07, 6.45) is 13.7. The molecule has 0 aromatic rings. The van der Waals surface area contributed by atoms with Crippen LogP contribution < -0.4 is 11.1 Å². The van der Waals surface area contributed by atoms with Gasteiger partial charge in [-0.3, -0.25) is 4.57 Å². The van der Waals surface area contributed by atoms with E-state index in [0.29, 0.717) is 53.2 Å². The lowest BCUT2D eigenvalue weighted by atomic mass is 9.40. The lowest BCUT2D eigenvalue weighted by Crippen LogP contribution is -2.59. The Balaban J connectivity index is 1.44. The fraction of sp³-hybridized carbons (Fsp3) is 1.00. The third kappa shape index (κ3) is 5.30. The maximum absolute atomic E-state index is 13.1. The van der Waals surface area contributed by atoms with Gasteiger partial charge in [0.05, 0.1) is 19.4 Å². The second-order valence-electron chi connectivity index (χ2n) is 13.4. The summed E-state index contributed by atoms with van der Waals surface area (Å²) in [6, 6.07) is 0.648. The first-order valence-electron chi connectivity index (χ1n) is 15.1. The molecule has 4 aliphatic rings. The third-order valence-corrected chi connectivity index (χ3v) is 14.8. The van der Waals surface area contributed by atoms with Crippen LogP contribution in [0.3, 0.4) is 0 Å². The van der Waals surface area contributed by atoms with E-state index in [1.54, 1.807) is 0 Å². The van der Waals surface area contributed by atoms with E-state index in [1.807, 2.05) is 13.8 Å². The minimum Gasteiger partial charge on any atom is -0.329 e. The van der Waals surface area contributed by atoms with Gasteiger partial charge in [0.25, 0.3) is 0 Å². The molecule has 0 saturated heterocycles. The summed E-state index contributed by atoms with van der Waals surface area (Å²) in [7, 11) is 0.199. The standard InChI is InChI=1S/C29H56N2O3P2/c1-6-33-36(32,34-7-2)19-13-26(35)25-9-8-23-22-11-14-27(3)20-21(31-18-17-30)10-16-29(27,5)24(22)12-15-28(23,25)4/h21-26,31H,6-20,30,35H2,1-5H3/t21-,22?,23?,24?,25+,26+,27-,28-,29+/m0/s1. The van der Waals surface area contributed by atoms with Crippen molar-refractivity contribution in [2.75, 3.05) is 32.5 Å². The van der Waals surface area contributed by atoms with Gasteiger partial charge >= 0.3 is 7.60 Å². The van der Waals surface area contributed by atoms with Crippen LogP contribution >= 0.6 is 16.8 Å². The average molecular weight is 543 g/mol. The van der Waals surface area contributed by atoms with Crippen LogP contribution in [-0.4, -0.2) is 44.2 Å². The van der Waals surface area contributed by atoms with Crippen molar-refractivity contribution in [1.82, 2.24) is 5.32 Å². The number of nitrogens with two attached hydrogens (primary N) is 1. The van der Waals surface area contributed by atoms with E-state index >= 15 is 0 Å². The van der Waals surface area contributed by atoms with Crippen molar-refractivity contribution in [2.45, 2.75) is 111 Å². The molecule has 0 aliphatic heterocycles. The monoisotopic (exact) mass is 542 g/mol. The molecule has 4 saturated carbocycles. The summed E-state index contributed by atoms with van der Waals surface area (Å²) in [5.74, 6) is 3.31. The minimum absolute atomic E-state index is 0.415. The molecule has 0 aromatic carbocycles. The SMILES string of the molecule is CCOP(=O)(CC[C@@H](P)[C@H]1CCC2C3CC[C@@]4(C)C[C@@H](NCCN)CC[C@]4(C)C3CC[C@@]21C)OCC. The molecule has 210 valence electrons. The van der Waals surface area contributed by atoms with E-state index < -0.39 is 7.60 Å². The van der Waals surface area contributed by atoms with Crippen molar-refractivity contribution >= 4 is 16.8 Å². The van der Waals surface area contributed by atoms with Crippen LogP contribution in [0.5, 0.6) is 0 Å². The van der Waals surface area contributed by atoms with Gasteiger partial charge in [-0.1, -0.05) is 20.8 Å². The summed E-state index contributed by atoms with van der Waals surface area (Å²) >= 11 is 0. The molecular formula is C29H56N2O3P2. The fourth-order valence-corrected chi connectivity index (χ4v) is 12.7. The lowest BCUT2D eigenvalue weighted by molar-refractivity contribution is -0.156. The van der Waals surface area contributed by atoms with E-state index in [1.165, 1.54) is 57.8 Å². The first-order valence-corrected chi connectivity index (χ1v) is 17.5. The highest BCUT2D eigenvalue weighted by atomic mass is 31.2. The molecular weight excluding hydrogens is 486 g/mol. The van der Waals surface area contributed by atoms with Gasteiger partial charge < -0.3 is 20.1 Å². The fourth-order valence-electron chi connectivity index (χ4n) is 9.92. The molecule has 4 rings (SSSR count). The van der Waals surface area contributed by atoms with Crippen LogP contribution in [0.2, 0.25) is 0 Å². The minimum atomic E-state index is -2.97. The number of hydrogen-bond acceptors (Lipinski definition) is 5. The number of rotatable bonds is 11. The molecule has 0 spiro atoms.